The summed E-state index contributed by atoms with van der Waals surface area (Å²) in [5.74, 6) is 0.793. The van der Waals surface area contributed by atoms with E-state index in [0.717, 1.165) is 21.2 Å². The Morgan fingerprint density at radius 2 is 1.71 bits per heavy atom. The van der Waals surface area contributed by atoms with E-state index in [1.165, 1.54) is 11.8 Å². The van der Waals surface area contributed by atoms with Crippen LogP contribution in [0.25, 0.3) is 0 Å². The molecular formula is C16H13Cl2N5S. The number of benzene rings is 1. The van der Waals surface area contributed by atoms with Crippen molar-refractivity contribution in [3.8, 4) is 0 Å². The highest BCUT2D eigenvalue weighted by Crippen LogP contribution is 2.40. The fraction of sp³-hybridized carbons (Fsp3) is 0.0625. The van der Waals surface area contributed by atoms with E-state index in [1.807, 2.05) is 19.1 Å². The third kappa shape index (κ3) is 4.08. The second-order valence-electron chi connectivity index (χ2n) is 4.93. The molecule has 1 aromatic carbocycles. The fourth-order valence-corrected chi connectivity index (χ4v) is 3.58. The molecule has 3 N–H and O–H groups in total. The number of hydrogen-bond acceptors (Lipinski definition) is 6. The maximum absolute atomic E-state index is 6.39. The number of rotatable bonds is 4. The number of halogens is 2. The first kappa shape index (κ1) is 16.8. The first-order chi connectivity index (χ1) is 11.5. The lowest BCUT2D eigenvalue weighted by Gasteiger charge is -2.11. The molecule has 0 spiro atoms. The number of aromatic nitrogens is 3. The summed E-state index contributed by atoms with van der Waals surface area (Å²) in [6.07, 6.45) is 3.45. The largest absolute Gasteiger partial charge is 0.368 e. The summed E-state index contributed by atoms with van der Waals surface area (Å²) >= 11 is 14.3. The standard InChI is InChI=1S/C16H13Cl2N5S/c1-9-6-14(23-16(19)21-9)22-10-7-12(17)15(13(18)8-10)24-11-2-4-20-5-3-11/h2-8H,1H3,(H3,19,21,22,23). The van der Waals surface area contributed by atoms with Gasteiger partial charge in [-0.25, -0.2) is 4.98 Å². The molecule has 0 saturated heterocycles. The number of nitrogens with zero attached hydrogens (tertiary/aromatic N) is 3. The summed E-state index contributed by atoms with van der Waals surface area (Å²) in [7, 11) is 0. The topological polar surface area (TPSA) is 76.7 Å². The molecule has 2 heterocycles. The van der Waals surface area contributed by atoms with Crippen molar-refractivity contribution in [3.63, 3.8) is 0 Å². The van der Waals surface area contributed by atoms with E-state index in [1.54, 1.807) is 30.6 Å². The molecule has 0 aliphatic carbocycles. The van der Waals surface area contributed by atoms with Crippen LogP contribution >= 0.6 is 35.0 Å². The number of nitrogens with two attached hydrogens (primary N) is 1. The molecule has 8 heteroatoms. The molecule has 0 fully saturated rings. The maximum atomic E-state index is 6.39. The van der Waals surface area contributed by atoms with E-state index < -0.39 is 0 Å². The van der Waals surface area contributed by atoms with E-state index in [0.29, 0.717) is 15.9 Å². The van der Waals surface area contributed by atoms with Gasteiger partial charge in [0.25, 0.3) is 0 Å². The first-order valence-corrected chi connectivity index (χ1v) is 8.53. The Bertz CT molecular complexity index is 830. The zero-order chi connectivity index (χ0) is 17.1. The summed E-state index contributed by atoms with van der Waals surface area (Å²) in [6.45, 7) is 1.84. The highest BCUT2D eigenvalue weighted by molar-refractivity contribution is 7.99. The van der Waals surface area contributed by atoms with Gasteiger partial charge in [-0.1, -0.05) is 35.0 Å². The predicted molar refractivity (Wildman–Crippen MR) is 99.3 cm³/mol. The second-order valence-corrected chi connectivity index (χ2v) is 6.83. The molecule has 24 heavy (non-hydrogen) atoms. The van der Waals surface area contributed by atoms with Crippen LogP contribution in [0.4, 0.5) is 17.5 Å². The minimum Gasteiger partial charge on any atom is -0.368 e. The van der Waals surface area contributed by atoms with Crippen molar-refractivity contribution in [1.29, 1.82) is 0 Å². The van der Waals surface area contributed by atoms with Crippen LogP contribution < -0.4 is 11.1 Å². The summed E-state index contributed by atoms with van der Waals surface area (Å²) in [5.41, 5.74) is 7.15. The average Bonchev–Trinajstić information content (AvgIpc) is 2.51. The normalized spacial score (nSPS) is 10.6. The molecule has 0 saturated carbocycles. The Balaban J connectivity index is 1.86. The van der Waals surface area contributed by atoms with Crippen molar-refractivity contribution in [3.05, 3.63) is 58.5 Å². The monoisotopic (exact) mass is 377 g/mol. The quantitative estimate of drug-likeness (QED) is 0.668. The van der Waals surface area contributed by atoms with Gasteiger partial charge in [0.05, 0.1) is 10.0 Å². The zero-order valence-corrected chi connectivity index (χ0v) is 15.0. The zero-order valence-electron chi connectivity index (χ0n) is 12.6. The van der Waals surface area contributed by atoms with Crippen molar-refractivity contribution in [2.75, 3.05) is 11.1 Å². The molecule has 5 nitrogen and oxygen atoms in total. The van der Waals surface area contributed by atoms with Gasteiger partial charge in [0.2, 0.25) is 5.95 Å². The van der Waals surface area contributed by atoms with Crippen LogP contribution in [0.3, 0.4) is 0 Å². The number of aryl methyl sites for hydroxylation is 1. The molecule has 2 aromatic heterocycles. The average molecular weight is 378 g/mol. The Kier molecular flexibility index (Phi) is 5.08. The number of nitrogens with one attached hydrogen (secondary N) is 1. The van der Waals surface area contributed by atoms with E-state index in [4.69, 9.17) is 28.9 Å². The molecule has 0 bridgehead atoms. The Hall–Kier alpha value is -2.02. The molecular weight excluding hydrogens is 365 g/mol. The number of hydrogen-bond donors (Lipinski definition) is 2. The summed E-state index contributed by atoms with van der Waals surface area (Å²) in [6, 6.07) is 9.18. The minimum absolute atomic E-state index is 0.208. The van der Waals surface area contributed by atoms with Crippen molar-refractivity contribution >= 4 is 52.4 Å². The minimum atomic E-state index is 0.208. The second kappa shape index (κ2) is 7.25. The number of pyridine rings is 1. The smallest absolute Gasteiger partial charge is 0.222 e. The van der Waals surface area contributed by atoms with E-state index >= 15 is 0 Å². The highest BCUT2D eigenvalue weighted by atomic mass is 35.5. The summed E-state index contributed by atoms with van der Waals surface area (Å²) in [5, 5.41) is 4.23. The predicted octanol–water partition coefficient (Wildman–Crippen LogP) is 4.96. The molecule has 0 unspecified atom stereocenters. The van der Waals surface area contributed by atoms with Gasteiger partial charge in [-0.15, -0.1) is 0 Å². The van der Waals surface area contributed by atoms with Gasteiger partial charge in [-0.05, 0) is 31.2 Å². The van der Waals surface area contributed by atoms with E-state index in [-0.39, 0.29) is 5.95 Å². The molecule has 3 aromatic rings. The molecule has 3 rings (SSSR count). The maximum Gasteiger partial charge on any atom is 0.222 e. The Morgan fingerprint density at radius 3 is 2.33 bits per heavy atom. The van der Waals surface area contributed by atoms with Gasteiger partial charge in [-0.3, -0.25) is 4.98 Å². The lowest BCUT2D eigenvalue weighted by atomic mass is 10.3. The van der Waals surface area contributed by atoms with Crippen molar-refractivity contribution in [2.45, 2.75) is 16.7 Å². The van der Waals surface area contributed by atoms with Crippen molar-refractivity contribution in [2.24, 2.45) is 0 Å². The van der Waals surface area contributed by atoms with Crippen LogP contribution in [-0.2, 0) is 0 Å². The van der Waals surface area contributed by atoms with Gasteiger partial charge in [0.1, 0.15) is 5.82 Å². The third-order valence-corrected chi connectivity index (χ3v) is 4.98. The molecule has 0 aliphatic heterocycles. The van der Waals surface area contributed by atoms with Crippen LogP contribution in [0.2, 0.25) is 10.0 Å². The van der Waals surface area contributed by atoms with Gasteiger partial charge in [-0.2, -0.15) is 4.98 Å². The molecule has 122 valence electrons. The van der Waals surface area contributed by atoms with Gasteiger partial charge in [0.15, 0.2) is 0 Å². The van der Waals surface area contributed by atoms with E-state index in [9.17, 15) is 0 Å². The SMILES string of the molecule is Cc1cc(Nc2cc(Cl)c(Sc3ccncc3)c(Cl)c2)nc(N)n1. The third-order valence-electron chi connectivity index (χ3n) is 3.01. The van der Waals surface area contributed by atoms with Crippen molar-refractivity contribution < 1.29 is 0 Å². The van der Waals surface area contributed by atoms with Crippen LogP contribution in [0, 0.1) is 6.92 Å². The van der Waals surface area contributed by atoms with Crippen LogP contribution in [0.1, 0.15) is 5.69 Å². The fourth-order valence-electron chi connectivity index (χ4n) is 2.06. The summed E-state index contributed by atoms with van der Waals surface area (Å²) in [4.78, 5) is 14.0. The Morgan fingerprint density at radius 1 is 1.04 bits per heavy atom. The van der Waals surface area contributed by atoms with Gasteiger partial charge < -0.3 is 11.1 Å². The number of nitrogen functional groups attached to an aromatic ring is 1. The molecule has 0 aliphatic rings. The van der Waals surface area contributed by atoms with Crippen LogP contribution in [-0.4, -0.2) is 15.0 Å². The van der Waals surface area contributed by atoms with Gasteiger partial charge >= 0.3 is 0 Å². The lowest BCUT2D eigenvalue weighted by Crippen LogP contribution is -2.01. The Labute approximate surface area is 153 Å². The van der Waals surface area contributed by atoms with Crippen LogP contribution in [0.5, 0.6) is 0 Å². The van der Waals surface area contributed by atoms with Crippen molar-refractivity contribution in [1.82, 2.24) is 15.0 Å². The highest BCUT2D eigenvalue weighted by Gasteiger charge is 2.11. The molecule has 0 amide bonds. The van der Waals surface area contributed by atoms with Crippen LogP contribution in [0.15, 0.2) is 52.5 Å². The van der Waals surface area contributed by atoms with E-state index in [2.05, 4.69) is 20.3 Å². The lowest BCUT2D eigenvalue weighted by molar-refractivity contribution is 1.12. The molecule has 0 radical (unpaired) electrons. The number of anilines is 3. The summed E-state index contributed by atoms with van der Waals surface area (Å²) < 4.78 is 0. The van der Waals surface area contributed by atoms with Gasteiger partial charge in [0, 0.05) is 39.6 Å². The molecule has 0 atom stereocenters. The first-order valence-electron chi connectivity index (χ1n) is 6.96.